The normalized spacial score (nSPS) is 12.2. The molecule has 0 spiro atoms. The third kappa shape index (κ3) is 3.05. The second kappa shape index (κ2) is 5.97. The number of aryl methyl sites for hydroxylation is 2. The SMILES string of the molecule is COc1ccc(C)cc1C(O)Cn1ccn(C)c(=O)c1=O. The number of aliphatic hydroxyl groups is 1. The van der Waals surface area contributed by atoms with E-state index < -0.39 is 17.2 Å². The number of hydrogen-bond donors (Lipinski definition) is 1. The lowest BCUT2D eigenvalue weighted by Crippen LogP contribution is -2.40. The maximum atomic E-state index is 11.9. The fourth-order valence-electron chi connectivity index (χ4n) is 2.13. The summed E-state index contributed by atoms with van der Waals surface area (Å²) in [4.78, 5) is 23.5. The Labute approximate surface area is 121 Å². The molecule has 0 aliphatic heterocycles. The average molecular weight is 290 g/mol. The molecule has 2 rings (SSSR count). The van der Waals surface area contributed by atoms with Crippen molar-refractivity contribution in [3.05, 3.63) is 62.4 Å². The molecule has 1 unspecified atom stereocenters. The molecule has 0 amide bonds. The van der Waals surface area contributed by atoms with Gasteiger partial charge in [0.25, 0.3) is 0 Å². The number of ether oxygens (including phenoxy) is 1. The van der Waals surface area contributed by atoms with Crippen LogP contribution in [0.4, 0.5) is 0 Å². The molecule has 2 aromatic rings. The molecule has 0 saturated heterocycles. The van der Waals surface area contributed by atoms with Gasteiger partial charge in [0.05, 0.1) is 13.7 Å². The molecule has 1 atom stereocenters. The zero-order valence-electron chi connectivity index (χ0n) is 12.2. The molecule has 0 bridgehead atoms. The van der Waals surface area contributed by atoms with E-state index in [9.17, 15) is 14.7 Å². The van der Waals surface area contributed by atoms with Gasteiger partial charge in [0.15, 0.2) is 0 Å². The minimum Gasteiger partial charge on any atom is -0.496 e. The summed E-state index contributed by atoms with van der Waals surface area (Å²) in [7, 11) is 3.03. The highest BCUT2D eigenvalue weighted by Gasteiger charge is 2.15. The van der Waals surface area contributed by atoms with Crippen molar-refractivity contribution < 1.29 is 9.84 Å². The van der Waals surface area contributed by atoms with Gasteiger partial charge in [0.2, 0.25) is 0 Å². The Bertz CT molecular complexity index is 761. The van der Waals surface area contributed by atoms with Gasteiger partial charge in [-0.05, 0) is 19.1 Å². The summed E-state index contributed by atoms with van der Waals surface area (Å²) in [5.74, 6) is 0.546. The van der Waals surface area contributed by atoms with Gasteiger partial charge >= 0.3 is 11.1 Å². The van der Waals surface area contributed by atoms with Gasteiger partial charge in [-0.2, -0.15) is 0 Å². The number of aliphatic hydroxyl groups excluding tert-OH is 1. The van der Waals surface area contributed by atoms with Crippen LogP contribution in [0.15, 0.2) is 40.2 Å². The Hall–Kier alpha value is -2.34. The molecule has 0 aliphatic carbocycles. The molecule has 21 heavy (non-hydrogen) atoms. The van der Waals surface area contributed by atoms with Gasteiger partial charge in [-0.25, -0.2) is 0 Å². The van der Waals surface area contributed by atoms with E-state index in [1.54, 1.807) is 12.1 Å². The van der Waals surface area contributed by atoms with Crippen LogP contribution in [-0.4, -0.2) is 21.4 Å². The first-order valence-electron chi connectivity index (χ1n) is 6.52. The van der Waals surface area contributed by atoms with E-state index in [1.165, 1.54) is 35.7 Å². The van der Waals surface area contributed by atoms with Crippen LogP contribution >= 0.6 is 0 Å². The quantitative estimate of drug-likeness (QED) is 0.837. The fourth-order valence-corrected chi connectivity index (χ4v) is 2.13. The van der Waals surface area contributed by atoms with E-state index in [2.05, 4.69) is 0 Å². The van der Waals surface area contributed by atoms with E-state index in [1.807, 2.05) is 13.0 Å². The number of methoxy groups -OCH3 is 1. The lowest BCUT2D eigenvalue weighted by Gasteiger charge is -2.16. The molecule has 1 N–H and O–H groups in total. The molecule has 6 nitrogen and oxygen atoms in total. The Morgan fingerprint density at radius 3 is 2.62 bits per heavy atom. The maximum Gasteiger partial charge on any atom is 0.316 e. The molecule has 6 heteroatoms. The second-order valence-electron chi connectivity index (χ2n) is 4.93. The lowest BCUT2D eigenvalue weighted by molar-refractivity contribution is 0.151. The summed E-state index contributed by atoms with van der Waals surface area (Å²) in [5.41, 5.74) is 0.276. The van der Waals surface area contributed by atoms with Crippen molar-refractivity contribution in [1.29, 1.82) is 0 Å². The van der Waals surface area contributed by atoms with E-state index in [-0.39, 0.29) is 6.54 Å². The zero-order valence-corrected chi connectivity index (χ0v) is 12.2. The third-order valence-corrected chi connectivity index (χ3v) is 3.35. The average Bonchev–Trinajstić information content (AvgIpc) is 2.47. The van der Waals surface area contributed by atoms with Crippen LogP contribution in [-0.2, 0) is 13.6 Å². The number of hydrogen-bond acceptors (Lipinski definition) is 4. The van der Waals surface area contributed by atoms with Gasteiger partial charge < -0.3 is 19.0 Å². The summed E-state index contributed by atoms with van der Waals surface area (Å²) in [6.07, 6.45) is 2.03. The maximum absolute atomic E-state index is 11.9. The first-order chi connectivity index (χ1) is 9.93. The second-order valence-corrected chi connectivity index (χ2v) is 4.93. The number of rotatable bonds is 4. The predicted octanol–water partition coefficient (Wildman–Crippen LogP) is 0.598. The fraction of sp³-hybridized carbons (Fsp3) is 0.333. The van der Waals surface area contributed by atoms with Crippen molar-refractivity contribution >= 4 is 0 Å². The predicted molar refractivity (Wildman–Crippen MR) is 78.6 cm³/mol. The van der Waals surface area contributed by atoms with E-state index in [4.69, 9.17) is 4.74 Å². The standard InChI is InChI=1S/C15H18N2O4/c1-10-4-5-13(21-3)11(8-10)12(18)9-17-7-6-16(2)14(19)15(17)20/h4-8,12,18H,9H2,1-3H3. The smallest absolute Gasteiger partial charge is 0.316 e. The molecule has 0 fully saturated rings. The van der Waals surface area contributed by atoms with Gasteiger partial charge in [-0.15, -0.1) is 0 Å². The molecule has 112 valence electrons. The molecule has 0 radical (unpaired) electrons. The molecule has 1 aromatic heterocycles. The van der Waals surface area contributed by atoms with Gasteiger partial charge in [-0.1, -0.05) is 11.6 Å². The van der Waals surface area contributed by atoms with Gasteiger partial charge in [-0.3, -0.25) is 9.59 Å². The Balaban J connectivity index is 2.37. The molecular formula is C15H18N2O4. The number of nitrogens with zero attached hydrogens (tertiary/aromatic N) is 2. The van der Waals surface area contributed by atoms with E-state index >= 15 is 0 Å². The van der Waals surface area contributed by atoms with Crippen LogP contribution in [0.5, 0.6) is 5.75 Å². The summed E-state index contributed by atoms with van der Waals surface area (Å²) in [5, 5.41) is 10.3. The van der Waals surface area contributed by atoms with E-state index in [0.29, 0.717) is 11.3 Å². The summed E-state index contributed by atoms with van der Waals surface area (Å²) in [6, 6.07) is 5.44. The Morgan fingerprint density at radius 1 is 1.24 bits per heavy atom. The molecule has 0 aliphatic rings. The van der Waals surface area contributed by atoms with Crippen LogP contribution < -0.4 is 15.9 Å². The first-order valence-corrected chi connectivity index (χ1v) is 6.52. The minimum absolute atomic E-state index is 0.00523. The van der Waals surface area contributed by atoms with Crippen LogP contribution in [0.2, 0.25) is 0 Å². The highest BCUT2D eigenvalue weighted by molar-refractivity contribution is 5.38. The number of benzene rings is 1. The van der Waals surface area contributed by atoms with Gasteiger partial charge in [0.1, 0.15) is 11.9 Å². The van der Waals surface area contributed by atoms with Crippen LogP contribution in [0.3, 0.4) is 0 Å². The van der Waals surface area contributed by atoms with E-state index in [0.717, 1.165) is 5.56 Å². The molecule has 1 aromatic carbocycles. The van der Waals surface area contributed by atoms with Crippen molar-refractivity contribution in [2.75, 3.05) is 7.11 Å². The lowest BCUT2D eigenvalue weighted by atomic mass is 10.1. The number of aromatic nitrogens is 2. The zero-order chi connectivity index (χ0) is 15.6. The van der Waals surface area contributed by atoms with Crippen molar-refractivity contribution in [3.63, 3.8) is 0 Å². The molecular weight excluding hydrogens is 272 g/mol. The molecule has 0 saturated carbocycles. The van der Waals surface area contributed by atoms with Gasteiger partial charge in [0, 0.05) is 25.0 Å². The largest absolute Gasteiger partial charge is 0.496 e. The topological polar surface area (TPSA) is 73.5 Å². The third-order valence-electron chi connectivity index (χ3n) is 3.35. The summed E-state index contributed by atoms with van der Waals surface area (Å²) >= 11 is 0. The highest BCUT2D eigenvalue weighted by Crippen LogP contribution is 2.26. The van der Waals surface area contributed by atoms with Crippen LogP contribution in [0.1, 0.15) is 17.2 Å². The van der Waals surface area contributed by atoms with Crippen molar-refractivity contribution in [2.24, 2.45) is 7.05 Å². The highest BCUT2D eigenvalue weighted by atomic mass is 16.5. The Kier molecular flexibility index (Phi) is 4.28. The van der Waals surface area contributed by atoms with Crippen LogP contribution in [0.25, 0.3) is 0 Å². The first kappa shape index (κ1) is 15.1. The van der Waals surface area contributed by atoms with Crippen molar-refractivity contribution in [2.45, 2.75) is 19.6 Å². The van der Waals surface area contributed by atoms with Crippen molar-refractivity contribution in [3.8, 4) is 5.75 Å². The van der Waals surface area contributed by atoms with Crippen molar-refractivity contribution in [1.82, 2.24) is 9.13 Å². The minimum atomic E-state index is -0.940. The Morgan fingerprint density at radius 2 is 1.95 bits per heavy atom. The molecule has 1 heterocycles. The monoisotopic (exact) mass is 290 g/mol. The summed E-state index contributed by atoms with van der Waals surface area (Å²) < 4.78 is 7.63. The summed E-state index contributed by atoms with van der Waals surface area (Å²) in [6.45, 7) is 1.90. The van der Waals surface area contributed by atoms with Crippen LogP contribution in [0, 0.1) is 6.92 Å².